The summed E-state index contributed by atoms with van der Waals surface area (Å²) in [5.74, 6) is 1.57. The van der Waals surface area contributed by atoms with Gasteiger partial charge in [-0.05, 0) is 93.7 Å². The molecule has 0 aliphatic heterocycles. The molecule has 0 bridgehead atoms. The SMILES string of the molecule is CC/C=C/CCCCOCCCC1CCC(c2ccc(C#N)cc2)CC1. The van der Waals surface area contributed by atoms with Gasteiger partial charge in [-0.25, -0.2) is 0 Å². The maximum atomic E-state index is 8.90. The molecule has 0 heterocycles. The van der Waals surface area contributed by atoms with Crippen molar-refractivity contribution >= 4 is 0 Å². The predicted molar refractivity (Wildman–Crippen MR) is 109 cm³/mol. The number of nitriles is 1. The van der Waals surface area contributed by atoms with E-state index in [0.717, 1.165) is 31.1 Å². The first-order chi connectivity index (χ1) is 12.8. The highest BCUT2D eigenvalue weighted by Crippen LogP contribution is 2.37. The van der Waals surface area contributed by atoms with Gasteiger partial charge < -0.3 is 4.74 Å². The van der Waals surface area contributed by atoms with Crippen LogP contribution in [0.2, 0.25) is 0 Å². The van der Waals surface area contributed by atoms with E-state index in [0.29, 0.717) is 5.92 Å². The third-order valence-corrected chi connectivity index (χ3v) is 5.57. The Morgan fingerprint density at radius 3 is 2.42 bits per heavy atom. The van der Waals surface area contributed by atoms with Gasteiger partial charge in [-0.2, -0.15) is 5.26 Å². The quantitative estimate of drug-likeness (QED) is 0.325. The van der Waals surface area contributed by atoms with Crippen molar-refractivity contribution in [1.82, 2.24) is 0 Å². The minimum Gasteiger partial charge on any atom is -0.381 e. The number of hydrogen-bond donors (Lipinski definition) is 0. The molecule has 2 rings (SSSR count). The molecule has 0 spiro atoms. The number of ether oxygens (including phenoxy) is 1. The van der Waals surface area contributed by atoms with E-state index in [2.05, 4.69) is 37.3 Å². The second-order valence-electron chi connectivity index (χ2n) is 7.58. The van der Waals surface area contributed by atoms with Crippen molar-refractivity contribution in [3.8, 4) is 6.07 Å². The van der Waals surface area contributed by atoms with E-state index in [4.69, 9.17) is 10.00 Å². The standard InChI is InChI=1S/C24H35NO/c1-2-3-4-5-6-7-18-26-19-8-9-21-10-14-23(15-11-21)24-16-12-22(20-25)13-17-24/h3-4,12-13,16-17,21,23H,2,5-11,14-15,18-19H2,1H3/b4-3+. The van der Waals surface area contributed by atoms with Crippen molar-refractivity contribution in [2.24, 2.45) is 5.92 Å². The summed E-state index contributed by atoms with van der Waals surface area (Å²) in [7, 11) is 0. The van der Waals surface area contributed by atoms with E-state index in [1.165, 1.54) is 63.4 Å². The van der Waals surface area contributed by atoms with Gasteiger partial charge in [-0.3, -0.25) is 0 Å². The topological polar surface area (TPSA) is 33.0 Å². The molecule has 0 atom stereocenters. The molecule has 0 aromatic heterocycles. The molecular weight excluding hydrogens is 318 g/mol. The van der Waals surface area contributed by atoms with Gasteiger partial charge in [0, 0.05) is 13.2 Å². The van der Waals surface area contributed by atoms with E-state index in [1.54, 1.807) is 0 Å². The average molecular weight is 354 g/mol. The Morgan fingerprint density at radius 2 is 1.73 bits per heavy atom. The number of hydrogen-bond acceptors (Lipinski definition) is 2. The Hall–Kier alpha value is -1.59. The van der Waals surface area contributed by atoms with E-state index in [9.17, 15) is 0 Å². The average Bonchev–Trinajstić information content (AvgIpc) is 2.70. The van der Waals surface area contributed by atoms with Crippen LogP contribution in [-0.4, -0.2) is 13.2 Å². The molecule has 1 fully saturated rings. The second-order valence-corrected chi connectivity index (χ2v) is 7.58. The van der Waals surface area contributed by atoms with Gasteiger partial charge in [-0.1, -0.05) is 31.2 Å². The Labute approximate surface area is 160 Å². The predicted octanol–water partition coefficient (Wildman–Crippen LogP) is 6.77. The molecule has 0 saturated heterocycles. The molecule has 0 unspecified atom stereocenters. The van der Waals surface area contributed by atoms with Crippen molar-refractivity contribution in [3.63, 3.8) is 0 Å². The summed E-state index contributed by atoms with van der Waals surface area (Å²) in [6.07, 6.45) is 17.1. The van der Waals surface area contributed by atoms with Crippen LogP contribution in [0.1, 0.15) is 88.2 Å². The molecule has 1 aromatic rings. The highest BCUT2D eigenvalue weighted by atomic mass is 16.5. The number of unbranched alkanes of at least 4 members (excludes halogenated alkanes) is 2. The summed E-state index contributed by atoms with van der Waals surface area (Å²) in [4.78, 5) is 0. The zero-order valence-electron chi connectivity index (χ0n) is 16.5. The van der Waals surface area contributed by atoms with Crippen LogP contribution < -0.4 is 0 Å². The minimum absolute atomic E-state index is 0.692. The van der Waals surface area contributed by atoms with Crippen molar-refractivity contribution < 1.29 is 4.74 Å². The number of allylic oxidation sites excluding steroid dienone is 2. The van der Waals surface area contributed by atoms with Crippen molar-refractivity contribution in [3.05, 3.63) is 47.5 Å². The summed E-state index contributed by atoms with van der Waals surface area (Å²) in [6, 6.07) is 10.4. The summed E-state index contributed by atoms with van der Waals surface area (Å²) in [6.45, 7) is 4.03. The van der Waals surface area contributed by atoms with Gasteiger partial charge in [0.25, 0.3) is 0 Å². The maximum Gasteiger partial charge on any atom is 0.0991 e. The molecule has 1 aromatic carbocycles. The maximum absolute atomic E-state index is 8.90. The molecule has 1 aliphatic rings. The molecule has 1 saturated carbocycles. The first kappa shape index (κ1) is 20.7. The van der Waals surface area contributed by atoms with Crippen LogP contribution in [0.25, 0.3) is 0 Å². The number of nitrogens with zero attached hydrogens (tertiary/aromatic N) is 1. The van der Waals surface area contributed by atoms with Crippen LogP contribution >= 0.6 is 0 Å². The van der Waals surface area contributed by atoms with Crippen LogP contribution in [0.4, 0.5) is 0 Å². The number of rotatable bonds is 11. The zero-order chi connectivity index (χ0) is 18.5. The zero-order valence-corrected chi connectivity index (χ0v) is 16.5. The summed E-state index contributed by atoms with van der Waals surface area (Å²) in [5.41, 5.74) is 2.18. The first-order valence-corrected chi connectivity index (χ1v) is 10.6. The molecule has 26 heavy (non-hydrogen) atoms. The summed E-state index contributed by atoms with van der Waals surface area (Å²) < 4.78 is 5.79. The lowest BCUT2D eigenvalue weighted by Crippen LogP contribution is -2.14. The van der Waals surface area contributed by atoms with Gasteiger partial charge in [0.2, 0.25) is 0 Å². The second kappa shape index (κ2) is 12.7. The van der Waals surface area contributed by atoms with Gasteiger partial charge in [0.15, 0.2) is 0 Å². The lowest BCUT2D eigenvalue weighted by Gasteiger charge is -2.28. The third kappa shape index (κ3) is 7.75. The lowest BCUT2D eigenvalue weighted by molar-refractivity contribution is 0.121. The Bertz CT molecular complexity index is 547. The Kier molecular flexibility index (Phi) is 10.1. The van der Waals surface area contributed by atoms with E-state index in [1.807, 2.05) is 12.1 Å². The third-order valence-electron chi connectivity index (χ3n) is 5.57. The summed E-state index contributed by atoms with van der Waals surface area (Å²) in [5, 5.41) is 8.90. The van der Waals surface area contributed by atoms with Crippen molar-refractivity contribution in [2.45, 2.75) is 77.0 Å². The van der Waals surface area contributed by atoms with Crippen LogP contribution in [0.3, 0.4) is 0 Å². The minimum atomic E-state index is 0.692. The van der Waals surface area contributed by atoms with Crippen molar-refractivity contribution in [2.75, 3.05) is 13.2 Å². The van der Waals surface area contributed by atoms with Crippen LogP contribution in [0.5, 0.6) is 0 Å². The largest absolute Gasteiger partial charge is 0.381 e. The van der Waals surface area contributed by atoms with Crippen LogP contribution in [0, 0.1) is 17.2 Å². The fourth-order valence-corrected chi connectivity index (χ4v) is 3.94. The van der Waals surface area contributed by atoms with Crippen molar-refractivity contribution in [1.29, 1.82) is 5.26 Å². The van der Waals surface area contributed by atoms with Gasteiger partial charge in [0.1, 0.15) is 0 Å². The summed E-state index contributed by atoms with van der Waals surface area (Å²) >= 11 is 0. The normalized spacial score (nSPS) is 20.3. The smallest absolute Gasteiger partial charge is 0.0991 e. The fraction of sp³-hybridized carbons (Fsp3) is 0.625. The van der Waals surface area contributed by atoms with Gasteiger partial charge in [-0.15, -0.1) is 0 Å². The van der Waals surface area contributed by atoms with Gasteiger partial charge in [0.05, 0.1) is 11.6 Å². The molecular formula is C24H35NO. The highest BCUT2D eigenvalue weighted by Gasteiger charge is 2.21. The van der Waals surface area contributed by atoms with E-state index >= 15 is 0 Å². The fourth-order valence-electron chi connectivity index (χ4n) is 3.94. The highest BCUT2D eigenvalue weighted by molar-refractivity contribution is 5.33. The molecule has 1 aliphatic carbocycles. The first-order valence-electron chi connectivity index (χ1n) is 10.6. The molecule has 0 radical (unpaired) electrons. The molecule has 0 N–H and O–H groups in total. The van der Waals surface area contributed by atoms with Gasteiger partial charge >= 0.3 is 0 Å². The molecule has 2 heteroatoms. The Balaban J connectivity index is 1.50. The lowest BCUT2D eigenvalue weighted by atomic mass is 9.77. The molecule has 0 amide bonds. The van der Waals surface area contributed by atoms with Crippen LogP contribution in [0.15, 0.2) is 36.4 Å². The molecule has 142 valence electrons. The number of benzene rings is 1. The van der Waals surface area contributed by atoms with Crippen LogP contribution in [-0.2, 0) is 4.74 Å². The monoisotopic (exact) mass is 353 g/mol. The molecule has 2 nitrogen and oxygen atoms in total. The van der Waals surface area contributed by atoms with E-state index in [-0.39, 0.29) is 0 Å². The Morgan fingerprint density at radius 1 is 1.00 bits per heavy atom. The van der Waals surface area contributed by atoms with E-state index < -0.39 is 0 Å².